The number of ether oxygens (including phenoxy) is 1. The van der Waals surface area contributed by atoms with Gasteiger partial charge in [-0.2, -0.15) is 0 Å². The van der Waals surface area contributed by atoms with E-state index in [0.29, 0.717) is 32.0 Å². The summed E-state index contributed by atoms with van der Waals surface area (Å²) >= 11 is 0. The molecule has 0 radical (unpaired) electrons. The molecule has 1 N–H and O–H groups in total. The quantitative estimate of drug-likeness (QED) is 0.563. The van der Waals surface area contributed by atoms with Gasteiger partial charge in [-0.25, -0.2) is 18.8 Å². The molecule has 3 aromatic rings. The molecule has 0 saturated carbocycles. The summed E-state index contributed by atoms with van der Waals surface area (Å²) in [6.07, 6.45) is 4.71. The number of rotatable bonds is 5. The molecule has 2 aliphatic heterocycles. The first-order valence-electron chi connectivity index (χ1n) is 11.9. The van der Waals surface area contributed by atoms with Crippen LogP contribution in [0.4, 0.5) is 20.2 Å². The summed E-state index contributed by atoms with van der Waals surface area (Å²) in [6, 6.07) is 9.49. The third kappa shape index (κ3) is 5.43. The van der Waals surface area contributed by atoms with Crippen molar-refractivity contribution in [3.63, 3.8) is 0 Å². The van der Waals surface area contributed by atoms with E-state index in [4.69, 9.17) is 4.74 Å². The second-order valence-electron chi connectivity index (χ2n) is 9.09. The van der Waals surface area contributed by atoms with E-state index in [9.17, 15) is 13.6 Å². The molecule has 0 atom stereocenters. The minimum atomic E-state index is -0.647. The molecule has 0 bridgehead atoms. The van der Waals surface area contributed by atoms with Crippen LogP contribution in [0, 0.1) is 24.5 Å². The monoisotopic (exact) mass is 485 g/mol. The van der Waals surface area contributed by atoms with E-state index >= 15 is 0 Å². The third-order valence-electron chi connectivity index (χ3n) is 6.51. The smallest absolute Gasteiger partial charge is 0.272 e. The van der Waals surface area contributed by atoms with Crippen molar-refractivity contribution in [3.05, 3.63) is 66.3 Å². The van der Waals surface area contributed by atoms with E-state index in [1.54, 1.807) is 6.33 Å². The SMILES string of the molecule is Cc1cc(Nn2c[n+](-c3cc(F)cc(F)c3)cn2)cc(N2CCN(C(=O)C3CCOCC3)CC2)c1.[HH]. The second kappa shape index (κ2) is 9.99. The minimum Gasteiger partial charge on any atom is -0.381 e. The average molecular weight is 486 g/mol. The van der Waals surface area contributed by atoms with Crippen LogP contribution in [0.3, 0.4) is 0 Å². The normalized spacial score (nSPS) is 17.0. The first-order valence-corrected chi connectivity index (χ1v) is 11.9. The van der Waals surface area contributed by atoms with Crippen molar-refractivity contribution < 1.29 is 24.3 Å². The molecular weight excluding hydrogens is 454 g/mol. The lowest BCUT2D eigenvalue weighted by atomic mass is 9.98. The number of aryl methyl sites for hydroxylation is 1. The van der Waals surface area contributed by atoms with E-state index in [0.717, 1.165) is 48.9 Å². The van der Waals surface area contributed by atoms with Gasteiger partial charge in [0.25, 0.3) is 12.7 Å². The maximum Gasteiger partial charge on any atom is 0.272 e. The highest BCUT2D eigenvalue weighted by molar-refractivity contribution is 5.79. The van der Waals surface area contributed by atoms with Gasteiger partial charge < -0.3 is 14.5 Å². The molecule has 186 valence electrons. The molecule has 0 aliphatic carbocycles. The third-order valence-corrected chi connectivity index (χ3v) is 6.51. The minimum absolute atomic E-state index is 0. The Labute approximate surface area is 204 Å². The van der Waals surface area contributed by atoms with Gasteiger partial charge in [0, 0.05) is 70.6 Å². The summed E-state index contributed by atoms with van der Waals surface area (Å²) < 4.78 is 34.1. The molecule has 0 unspecified atom stereocenters. The number of anilines is 2. The van der Waals surface area contributed by atoms with Crippen molar-refractivity contribution in [1.29, 1.82) is 0 Å². The molecular formula is C25H31F2N6O2+. The van der Waals surface area contributed by atoms with Crippen LogP contribution >= 0.6 is 0 Å². The molecule has 2 saturated heterocycles. The first kappa shape index (κ1) is 23.2. The van der Waals surface area contributed by atoms with Crippen LogP contribution in [-0.4, -0.2) is 60.1 Å². The van der Waals surface area contributed by atoms with Gasteiger partial charge >= 0.3 is 0 Å². The lowest BCUT2D eigenvalue weighted by Gasteiger charge is -2.38. The predicted octanol–water partition coefficient (Wildman–Crippen LogP) is 2.94. The van der Waals surface area contributed by atoms with Crippen LogP contribution in [-0.2, 0) is 9.53 Å². The molecule has 2 aliphatic rings. The summed E-state index contributed by atoms with van der Waals surface area (Å²) in [6.45, 7) is 6.32. The Balaban J connectivity index is 0.00000304. The summed E-state index contributed by atoms with van der Waals surface area (Å²) in [4.78, 5) is 18.6. The maximum absolute atomic E-state index is 13.6. The number of hydrogen-bond acceptors (Lipinski definition) is 5. The zero-order valence-corrected chi connectivity index (χ0v) is 19.7. The molecule has 10 heteroatoms. The predicted molar refractivity (Wildman–Crippen MR) is 128 cm³/mol. The number of carbonyl (C=O) groups is 1. The fourth-order valence-electron chi connectivity index (χ4n) is 4.70. The van der Waals surface area contributed by atoms with E-state index in [1.807, 2.05) is 24.0 Å². The number of halogens is 2. The van der Waals surface area contributed by atoms with E-state index in [2.05, 4.69) is 21.5 Å². The number of hydrogen-bond donors (Lipinski definition) is 1. The van der Waals surface area contributed by atoms with Gasteiger partial charge in [0.1, 0.15) is 17.3 Å². The Hall–Kier alpha value is -3.53. The Morgan fingerprint density at radius 1 is 1.06 bits per heavy atom. The molecule has 2 fully saturated rings. The fourth-order valence-corrected chi connectivity index (χ4v) is 4.70. The van der Waals surface area contributed by atoms with Crippen LogP contribution in [0.5, 0.6) is 0 Å². The standard InChI is InChI=1S/C25H29F2N6O2.H2/c1-18-10-22(29-33-17-32(16-28-33)24-13-20(26)12-21(27)14-24)15-23(11-18)30-4-6-31(7-5-30)25(34)19-2-8-35-9-3-19;/h10-17,19,29H,2-9H2,1H3;1H/q+1;. The highest BCUT2D eigenvalue weighted by atomic mass is 19.1. The first-order chi connectivity index (χ1) is 16.9. The summed E-state index contributed by atoms with van der Waals surface area (Å²) in [7, 11) is 0. The van der Waals surface area contributed by atoms with Gasteiger partial charge in [0.15, 0.2) is 0 Å². The maximum atomic E-state index is 13.6. The molecule has 1 aromatic heterocycles. The molecule has 2 aromatic carbocycles. The van der Waals surface area contributed by atoms with Crippen molar-refractivity contribution in [2.75, 3.05) is 49.7 Å². The van der Waals surface area contributed by atoms with Crippen molar-refractivity contribution in [2.24, 2.45) is 5.92 Å². The van der Waals surface area contributed by atoms with Gasteiger partial charge in [-0.1, -0.05) is 0 Å². The van der Waals surface area contributed by atoms with Crippen molar-refractivity contribution >= 4 is 17.3 Å². The number of nitrogens with zero attached hydrogens (tertiary/aromatic N) is 5. The van der Waals surface area contributed by atoms with Gasteiger partial charge in [-0.3, -0.25) is 4.79 Å². The highest BCUT2D eigenvalue weighted by Gasteiger charge is 2.29. The Morgan fingerprint density at radius 2 is 1.77 bits per heavy atom. The van der Waals surface area contributed by atoms with Gasteiger partial charge in [-0.05, 0) is 48.3 Å². The van der Waals surface area contributed by atoms with Crippen LogP contribution in [0.25, 0.3) is 5.69 Å². The summed E-state index contributed by atoms with van der Waals surface area (Å²) in [5.41, 5.74) is 6.53. The fraction of sp³-hybridized carbons (Fsp3) is 0.400. The van der Waals surface area contributed by atoms with Crippen LogP contribution < -0.4 is 14.9 Å². The number of piperazine rings is 1. The van der Waals surface area contributed by atoms with Gasteiger partial charge in [0.2, 0.25) is 5.91 Å². The molecule has 3 heterocycles. The highest BCUT2D eigenvalue weighted by Crippen LogP contribution is 2.25. The van der Waals surface area contributed by atoms with Crippen LogP contribution in [0.2, 0.25) is 0 Å². The largest absolute Gasteiger partial charge is 0.381 e. The number of benzene rings is 2. The van der Waals surface area contributed by atoms with Crippen LogP contribution in [0.1, 0.15) is 19.8 Å². The van der Waals surface area contributed by atoms with Crippen molar-refractivity contribution in [1.82, 2.24) is 14.8 Å². The lowest BCUT2D eigenvalue weighted by molar-refractivity contribution is -0.596. The molecule has 5 rings (SSSR count). The molecule has 8 nitrogen and oxygen atoms in total. The Bertz CT molecular complexity index is 1190. The van der Waals surface area contributed by atoms with Gasteiger partial charge in [0.05, 0.1) is 10.8 Å². The average Bonchev–Trinajstić information content (AvgIpc) is 3.32. The zero-order chi connectivity index (χ0) is 24.4. The van der Waals surface area contributed by atoms with Gasteiger partial charge in [-0.15, -0.1) is 0 Å². The molecule has 0 spiro atoms. The number of nitrogens with one attached hydrogen (secondary N) is 1. The van der Waals surface area contributed by atoms with E-state index in [-0.39, 0.29) is 13.3 Å². The molecule has 1 amide bonds. The summed E-state index contributed by atoms with van der Waals surface area (Å²) in [5, 5.41) is 4.25. The zero-order valence-electron chi connectivity index (χ0n) is 19.7. The van der Waals surface area contributed by atoms with E-state index < -0.39 is 11.6 Å². The van der Waals surface area contributed by atoms with Crippen LogP contribution in [0.15, 0.2) is 49.1 Å². The lowest BCUT2D eigenvalue weighted by Crippen LogP contribution is -2.51. The number of carbonyl (C=O) groups excluding carboxylic acids is 1. The number of amides is 1. The second-order valence-corrected chi connectivity index (χ2v) is 9.09. The Kier molecular flexibility index (Phi) is 6.63. The number of aromatic nitrogens is 3. The molecule has 35 heavy (non-hydrogen) atoms. The topological polar surface area (TPSA) is 66.5 Å². The van der Waals surface area contributed by atoms with Crippen molar-refractivity contribution in [2.45, 2.75) is 19.8 Å². The van der Waals surface area contributed by atoms with E-state index in [1.165, 1.54) is 27.8 Å². The summed E-state index contributed by atoms with van der Waals surface area (Å²) in [5.74, 6) is -0.951. The van der Waals surface area contributed by atoms with Crippen molar-refractivity contribution in [3.8, 4) is 5.69 Å². The Morgan fingerprint density at radius 3 is 2.49 bits per heavy atom.